The van der Waals surface area contributed by atoms with Crippen LogP contribution in [0, 0.1) is 0 Å². The van der Waals surface area contributed by atoms with E-state index in [0.29, 0.717) is 13.1 Å². The fourth-order valence-corrected chi connectivity index (χ4v) is 2.20. The summed E-state index contributed by atoms with van der Waals surface area (Å²) in [5.74, 6) is -1.31. The summed E-state index contributed by atoms with van der Waals surface area (Å²) in [5.41, 5.74) is 0.214. The van der Waals surface area contributed by atoms with E-state index in [1.54, 1.807) is 4.90 Å². The zero-order valence-electron chi connectivity index (χ0n) is 10.1. The fourth-order valence-electron chi connectivity index (χ4n) is 2.20. The number of carbonyl (C=O) groups is 2. The summed E-state index contributed by atoms with van der Waals surface area (Å²) in [6, 6.07) is 1.48. The lowest BCUT2D eigenvalue weighted by Gasteiger charge is -2.20. The molecule has 0 atom stereocenters. The van der Waals surface area contributed by atoms with Crippen LogP contribution in [0.25, 0.3) is 0 Å². The number of amides is 1. The van der Waals surface area contributed by atoms with Gasteiger partial charge < -0.3 is 10.0 Å². The molecule has 0 saturated carbocycles. The highest BCUT2D eigenvalue weighted by molar-refractivity contribution is 6.04. The molecule has 18 heavy (non-hydrogen) atoms. The molecule has 96 valence electrons. The molecule has 1 fully saturated rings. The van der Waals surface area contributed by atoms with Crippen molar-refractivity contribution in [1.29, 1.82) is 0 Å². The standard InChI is InChI=1S/C13H16N2O3/c16-12(15-7-3-1-2-4-8-15)10-5-6-14-9-11(10)13(17)18/h5-6,9H,1-4,7-8H2,(H,17,18). The van der Waals surface area contributed by atoms with Gasteiger partial charge in [-0.1, -0.05) is 12.8 Å². The number of nitrogens with zero attached hydrogens (tertiary/aromatic N) is 2. The number of aromatic nitrogens is 1. The molecule has 5 heteroatoms. The number of likely N-dealkylation sites (tertiary alicyclic amines) is 1. The molecule has 0 unspecified atom stereocenters. The largest absolute Gasteiger partial charge is 0.478 e. The van der Waals surface area contributed by atoms with Crippen molar-refractivity contribution in [2.75, 3.05) is 13.1 Å². The number of rotatable bonds is 2. The minimum atomic E-state index is -1.11. The van der Waals surface area contributed by atoms with Gasteiger partial charge in [0.15, 0.2) is 0 Å². The maximum atomic E-state index is 12.3. The third kappa shape index (κ3) is 2.67. The Morgan fingerprint density at radius 1 is 1.11 bits per heavy atom. The quantitative estimate of drug-likeness (QED) is 0.866. The molecule has 1 saturated heterocycles. The maximum Gasteiger partial charge on any atom is 0.338 e. The summed E-state index contributed by atoms with van der Waals surface area (Å²) in [5, 5.41) is 9.06. The van der Waals surface area contributed by atoms with Crippen molar-refractivity contribution in [3.8, 4) is 0 Å². The smallest absolute Gasteiger partial charge is 0.338 e. The van der Waals surface area contributed by atoms with Gasteiger partial charge in [0.2, 0.25) is 0 Å². The van der Waals surface area contributed by atoms with Gasteiger partial charge in [-0.05, 0) is 18.9 Å². The van der Waals surface area contributed by atoms with Crippen molar-refractivity contribution in [2.24, 2.45) is 0 Å². The van der Waals surface area contributed by atoms with E-state index in [1.807, 2.05) is 0 Å². The summed E-state index contributed by atoms with van der Waals surface area (Å²) >= 11 is 0. The molecule has 1 N–H and O–H groups in total. The van der Waals surface area contributed by atoms with Crippen molar-refractivity contribution in [2.45, 2.75) is 25.7 Å². The van der Waals surface area contributed by atoms with Gasteiger partial charge >= 0.3 is 5.97 Å². The van der Waals surface area contributed by atoms with E-state index >= 15 is 0 Å². The Morgan fingerprint density at radius 2 is 1.78 bits per heavy atom. The average molecular weight is 248 g/mol. The lowest BCUT2D eigenvalue weighted by Crippen LogP contribution is -2.33. The average Bonchev–Trinajstić information content (AvgIpc) is 2.66. The van der Waals surface area contributed by atoms with Crippen LogP contribution in [0.3, 0.4) is 0 Å². The Bertz CT molecular complexity index is 451. The number of pyridine rings is 1. The number of carboxylic acids is 1. The second-order valence-electron chi connectivity index (χ2n) is 4.43. The van der Waals surface area contributed by atoms with Crippen molar-refractivity contribution in [3.63, 3.8) is 0 Å². The SMILES string of the molecule is O=C(O)c1cnccc1C(=O)N1CCCCCC1. The van der Waals surface area contributed by atoms with Crippen LogP contribution >= 0.6 is 0 Å². The molecule has 0 spiro atoms. The molecule has 5 nitrogen and oxygen atoms in total. The highest BCUT2D eigenvalue weighted by atomic mass is 16.4. The van der Waals surface area contributed by atoms with E-state index < -0.39 is 5.97 Å². The molecular weight excluding hydrogens is 232 g/mol. The first kappa shape index (κ1) is 12.5. The molecule has 0 aromatic carbocycles. The molecule has 2 rings (SSSR count). The third-order valence-corrected chi connectivity index (χ3v) is 3.18. The minimum absolute atomic E-state index is 0.0215. The van der Waals surface area contributed by atoms with Gasteiger partial charge in [-0.3, -0.25) is 9.78 Å². The molecule has 1 aliphatic rings. The molecule has 2 heterocycles. The monoisotopic (exact) mass is 248 g/mol. The number of carbonyl (C=O) groups excluding carboxylic acids is 1. The molecule has 0 aliphatic carbocycles. The predicted octanol–water partition coefficient (Wildman–Crippen LogP) is 1.80. The Balaban J connectivity index is 2.24. The lowest BCUT2D eigenvalue weighted by molar-refractivity contribution is 0.0675. The van der Waals surface area contributed by atoms with Crippen LogP contribution < -0.4 is 0 Å². The summed E-state index contributed by atoms with van der Waals surface area (Å²) < 4.78 is 0. The lowest BCUT2D eigenvalue weighted by atomic mass is 10.1. The van der Waals surface area contributed by atoms with Gasteiger partial charge in [0.05, 0.1) is 11.1 Å². The summed E-state index contributed by atoms with van der Waals surface area (Å²) in [6.45, 7) is 1.42. The van der Waals surface area contributed by atoms with E-state index in [2.05, 4.69) is 4.98 Å². The fraction of sp³-hybridized carbons (Fsp3) is 0.462. The van der Waals surface area contributed by atoms with Gasteiger partial charge in [-0.25, -0.2) is 4.79 Å². The highest BCUT2D eigenvalue weighted by Crippen LogP contribution is 2.15. The van der Waals surface area contributed by atoms with Crippen molar-refractivity contribution < 1.29 is 14.7 Å². The second kappa shape index (κ2) is 5.62. The van der Waals surface area contributed by atoms with Crippen LogP contribution in [0.5, 0.6) is 0 Å². The van der Waals surface area contributed by atoms with Crippen LogP contribution in [0.2, 0.25) is 0 Å². The predicted molar refractivity (Wildman–Crippen MR) is 65.6 cm³/mol. The maximum absolute atomic E-state index is 12.3. The van der Waals surface area contributed by atoms with Crippen LogP contribution in [0.1, 0.15) is 46.4 Å². The topological polar surface area (TPSA) is 70.5 Å². The number of aromatic carboxylic acids is 1. The Labute approximate surface area is 105 Å². The van der Waals surface area contributed by atoms with Crippen LogP contribution in [0.15, 0.2) is 18.5 Å². The zero-order valence-corrected chi connectivity index (χ0v) is 10.1. The first-order chi connectivity index (χ1) is 8.70. The first-order valence-electron chi connectivity index (χ1n) is 6.16. The molecular formula is C13H16N2O3. The van der Waals surface area contributed by atoms with Gasteiger partial charge in [-0.2, -0.15) is 0 Å². The molecule has 1 amide bonds. The summed E-state index contributed by atoms with van der Waals surface area (Å²) in [4.78, 5) is 28.9. The molecule has 0 radical (unpaired) electrons. The van der Waals surface area contributed by atoms with Gasteiger partial charge in [0, 0.05) is 25.5 Å². The van der Waals surface area contributed by atoms with Crippen LogP contribution in [0.4, 0.5) is 0 Å². The van der Waals surface area contributed by atoms with Crippen molar-refractivity contribution in [1.82, 2.24) is 9.88 Å². The number of hydrogen-bond acceptors (Lipinski definition) is 3. The van der Waals surface area contributed by atoms with E-state index in [-0.39, 0.29) is 17.0 Å². The van der Waals surface area contributed by atoms with E-state index in [0.717, 1.165) is 25.7 Å². The molecule has 1 aromatic heterocycles. The van der Waals surface area contributed by atoms with Gasteiger partial charge in [0.25, 0.3) is 5.91 Å². The summed E-state index contributed by atoms with van der Waals surface area (Å²) in [6.07, 6.45) is 6.92. The molecule has 1 aromatic rings. The minimum Gasteiger partial charge on any atom is -0.478 e. The van der Waals surface area contributed by atoms with Crippen LogP contribution in [-0.4, -0.2) is 40.0 Å². The van der Waals surface area contributed by atoms with Crippen LogP contribution in [-0.2, 0) is 0 Å². The van der Waals surface area contributed by atoms with Gasteiger partial charge in [0.1, 0.15) is 0 Å². The van der Waals surface area contributed by atoms with E-state index in [4.69, 9.17) is 5.11 Å². The zero-order chi connectivity index (χ0) is 13.0. The number of carboxylic acid groups (broad SMARTS) is 1. The van der Waals surface area contributed by atoms with Gasteiger partial charge in [-0.15, -0.1) is 0 Å². The third-order valence-electron chi connectivity index (χ3n) is 3.18. The Hall–Kier alpha value is -1.91. The number of hydrogen-bond donors (Lipinski definition) is 1. The Kier molecular flexibility index (Phi) is 3.92. The second-order valence-corrected chi connectivity index (χ2v) is 4.43. The molecule has 0 bridgehead atoms. The normalized spacial score (nSPS) is 16.1. The van der Waals surface area contributed by atoms with Crippen molar-refractivity contribution >= 4 is 11.9 Å². The van der Waals surface area contributed by atoms with E-state index in [1.165, 1.54) is 18.5 Å². The summed E-state index contributed by atoms with van der Waals surface area (Å²) in [7, 11) is 0. The Morgan fingerprint density at radius 3 is 2.39 bits per heavy atom. The highest BCUT2D eigenvalue weighted by Gasteiger charge is 2.22. The molecule has 1 aliphatic heterocycles. The van der Waals surface area contributed by atoms with E-state index in [9.17, 15) is 9.59 Å². The van der Waals surface area contributed by atoms with Crippen molar-refractivity contribution in [3.05, 3.63) is 29.6 Å². The first-order valence-corrected chi connectivity index (χ1v) is 6.16.